The lowest BCUT2D eigenvalue weighted by Gasteiger charge is -2.14. The monoisotopic (exact) mass is 265 g/mol. The molecule has 0 aliphatic carbocycles. The van der Waals surface area contributed by atoms with Gasteiger partial charge in [-0.2, -0.15) is 5.10 Å². The average Bonchev–Trinajstić information content (AvgIpc) is 2.81. The zero-order valence-corrected chi connectivity index (χ0v) is 11.2. The summed E-state index contributed by atoms with van der Waals surface area (Å²) in [5, 5.41) is 7.42. The molecule has 1 N–H and O–H groups in total. The minimum Gasteiger partial charge on any atom is -0.376 e. The molecule has 1 heterocycles. The highest BCUT2D eigenvalue weighted by atomic mass is 19.2. The lowest BCUT2D eigenvalue weighted by Crippen LogP contribution is -2.07. The molecule has 0 aliphatic heterocycles. The van der Waals surface area contributed by atoms with Crippen molar-refractivity contribution in [3.63, 3.8) is 0 Å². The van der Waals surface area contributed by atoms with Crippen LogP contribution in [0.4, 0.5) is 14.5 Å². The SMILES string of the molecule is CC(Nc1cnn(C(C)C)c1)c1ccc(F)c(F)c1. The molecule has 5 heteroatoms. The fraction of sp³-hybridized carbons (Fsp3) is 0.357. The van der Waals surface area contributed by atoms with Crippen molar-refractivity contribution in [3.05, 3.63) is 47.8 Å². The zero-order chi connectivity index (χ0) is 14.0. The minimum absolute atomic E-state index is 0.125. The van der Waals surface area contributed by atoms with Crippen LogP contribution in [-0.2, 0) is 0 Å². The van der Waals surface area contributed by atoms with E-state index in [1.165, 1.54) is 6.07 Å². The van der Waals surface area contributed by atoms with Crippen LogP contribution < -0.4 is 5.32 Å². The third-order valence-corrected chi connectivity index (χ3v) is 2.96. The number of anilines is 1. The summed E-state index contributed by atoms with van der Waals surface area (Å²) in [6, 6.07) is 4.08. The molecule has 1 aromatic heterocycles. The first-order chi connectivity index (χ1) is 8.97. The second kappa shape index (κ2) is 5.38. The number of nitrogens with one attached hydrogen (secondary N) is 1. The molecule has 0 radical (unpaired) electrons. The molecule has 3 nitrogen and oxygen atoms in total. The molecule has 0 spiro atoms. The Bertz CT molecular complexity index is 564. The van der Waals surface area contributed by atoms with Gasteiger partial charge in [-0.1, -0.05) is 6.07 Å². The van der Waals surface area contributed by atoms with E-state index in [9.17, 15) is 8.78 Å². The molecule has 102 valence electrons. The topological polar surface area (TPSA) is 29.9 Å². The molecule has 0 aliphatic rings. The van der Waals surface area contributed by atoms with E-state index >= 15 is 0 Å². The van der Waals surface area contributed by atoms with Crippen molar-refractivity contribution in [1.82, 2.24) is 9.78 Å². The third kappa shape index (κ3) is 3.10. The Hall–Kier alpha value is -1.91. The number of aromatic nitrogens is 2. The fourth-order valence-electron chi connectivity index (χ4n) is 1.81. The van der Waals surface area contributed by atoms with E-state index in [0.717, 1.165) is 11.8 Å². The van der Waals surface area contributed by atoms with Crippen LogP contribution in [0.15, 0.2) is 30.6 Å². The van der Waals surface area contributed by atoms with Crippen molar-refractivity contribution in [2.45, 2.75) is 32.9 Å². The lowest BCUT2D eigenvalue weighted by molar-refractivity contribution is 0.506. The second-order valence-corrected chi connectivity index (χ2v) is 4.84. The summed E-state index contributed by atoms with van der Waals surface area (Å²) in [5.41, 5.74) is 1.54. The summed E-state index contributed by atoms with van der Waals surface area (Å²) >= 11 is 0. The summed E-state index contributed by atoms with van der Waals surface area (Å²) < 4.78 is 27.9. The van der Waals surface area contributed by atoms with E-state index in [1.807, 2.05) is 31.6 Å². The molecule has 1 atom stereocenters. The molecule has 1 unspecified atom stereocenters. The normalized spacial score (nSPS) is 12.7. The van der Waals surface area contributed by atoms with Crippen LogP contribution in [0.2, 0.25) is 0 Å². The Morgan fingerprint density at radius 2 is 1.89 bits per heavy atom. The first kappa shape index (κ1) is 13.5. The first-order valence-electron chi connectivity index (χ1n) is 6.23. The van der Waals surface area contributed by atoms with Crippen LogP contribution >= 0.6 is 0 Å². The van der Waals surface area contributed by atoms with Crippen LogP contribution in [0.25, 0.3) is 0 Å². The van der Waals surface area contributed by atoms with E-state index in [-0.39, 0.29) is 12.1 Å². The fourth-order valence-corrected chi connectivity index (χ4v) is 1.81. The zero-order valence-electron chi connectivity index (χ0n) is 11.2. The first-order valence-corrected chi connectivity index (χ1v) is 6.23. The van der Waals surface area contributed by atoms with E-state index in [2.05, 4.69) is 10.4 Å². The summed E-state index contributed by atoms with van der Waals surface area (Å²) in [5.74, 6) is -1.66. The van der Waals surface area contributed by atoms with Gasteiger partial charge in [-0.3, -0.25) is 4.68 Å². The number of hydrogen-bond donors (Lipinski definition) is 1. The van der Waals surface area contributed by atoms with Gasteiger partial charge < -0.3 is 5.32 Å². The van der Waals surface area contributed by atoms with E-state index in [1.54, 1.807) is 12.3 Å². The Morgan fingerprint density at radius 3 is 2.47 bits per heavy atom. The Balaban J connectivity index is 2.11. The highest BCUT2D eigenvalue weighted by Crippen LogP contribution is 2.21. The van der Waals surface area contributed by atoms with Gasteiger partial charge in [0.05, 0.1) is 11.9 Å². The van der Waals surface area contributed by atoms with Crippen molar-refractivity contribution in [3.8, 4) is 0 Å². The van der Waals surface area contributed by atoms with Crippen molar-refractivity contribution < 1.29 is 8.78 Å². The Labute approximate surface area is 111 Å². The highest BCUT2D eigenvalue weighted by Gasteiger charge is 2.10. The smallest absolute Gasteiger partial charge is 0.159 e. The molecular formula is C14H17F2N3. The van der Waals surface area contributed by atoms with Crippen molar-refractivity contribution in [1.29, 1.82) is 0 Å². The Kier molecular flexibility index (Phi) is 3.83. The quantitative estimate of drug-likeness (QED) is 0.908. The Morgan fingerprint density at radius 1 is 1.16 bits per heavy atom. The molecule has 2 rings (SSSR count). The largest absolute Gasteiger partial charge is 0.376 e. The molecule has 0 fully saturated rings. The van der Waals surface area contributed by atoms with Crippen LogP contribution in [0.1, 0.15) is 38.4 Å². The van der Waals surface area contributed by atoms with Gasteiger partial charge in [-0.15, -0.1) is 0 Å². The van der Waals surface area contributed by atoms with Gasteiger partial charge in [0, 0.05) is 18.3 Å². The van der Waals surface area contributed by atoms with Gasteiger partial charge in [0.2, 0.25) is 0 Å². The van der Waals surface area contributed by atoms with Crippen LogP contribution in [0.3, 0.4) is 0 Å². The molecular weight excluding hydrogens is 248 g/mol. The van der Waals surface area contributed by atoms with Crippen LogP contribution in [0, 0.1) is 11.6 Å². The van der Waals surface area contributed by atoms with Crippen molar-refractivity contribution in [2.75, 3.05) is 5.32 Å². The molecule has 0 saturated carbocycles. The highest BCUT2D eigenvalue weighted by molar-refractivity contribution is 5.41. The molecule has 0 saturated heterocycles. The van der Waals surface area contributed by atoms with Crippen molar-refractivity contribution >= 4 is 5.69 Å². The second-order valence-electron chi connectivity index (χ2n) is 4.84. The molecule has 0 amide bonds. The summed E-state index contributed by atoms with van der Waals surface area (Å²) in [4.78, 5) is 0. The van der Waals surface area contributed by atoms with Gasteiger partial charge in [0.1, 0.15) is 0 Å². The maximum absolute atomic E-state index is 13.2. The van der Waals surface area contributed by atoms with Gasteiger partial charge >= 0.3 is 0 Å². The summed E-state index contributed by atoms with van der Waals surface area (Å²) in [7, 11) is 0. The third-order valence-electron chi connectivity index (χ3n) is 2.96. The van der Waals surface area contributed by atoms with Gasteiger partial charge in [-0.05, 0) is 38.5 Å². The number of halogens is 2. The lowest BCUT2D eigenvalue weighted by atomic mass is 10.1. The van der Waals surface area contributed by atoms with Crippen LogP contribution in [-0.4, -0.2) is 9.78 Å². The van der Waals surface area contributed by atoms with Gasteiger partial charge in [0.25, 0.3) is 0 Å². The maximum Gasteiger partial charge on any atom is 0.159 e. The van der Waals surface area contributed by atoms with Gasteiger partial charge in [0.15, 0.2) is 11.6 Å². The molecule has 2 aromatic rings. The predicted molar refractivity (Wildman–Crippen MR) is 71.0 cm³/mol. The van der Waals surface area contributed by atoms with Crippen molar-refractivity contribution in [2.24, 2.45) is 0 Å². The molecule has 19 heavy (non-hydrogen) atoms. The number of hydrogen-bond acceptors (Lipinski definition) is 2. The maximum atomic E-state index is 13.2. The molecule has 1 aromatic carbocycles. The summed E-state index contributed by atoms with van der Waals surface area (Å²) in [6.07, 6.45) is 3.61. The number of benzene rings is 1. The number of rotatable bonds is 4. The summed E-state index contributed by atoms with van der Waals surface area (Å²) in [6.45, 7) is 5.96. The van der Waals surface area contributed by atoms with Crippen LogP contribution in [0.5, 0.6) is 0 Å². The van der Waals surface area contributed by atoms with Gasteiger partial charge in [-0.25, -0.2) is 8.78 Å². The standard InChI is InChI=1S/C14H17F2N3/c1-9(2)19-8-12(7-17-19)18-10(3)11-4-5-13(15)14(16)6-11/h4-10,18H,1-3H3. The minimum atomic E-state index is -0.830. The van der Waals surface area contributed by atoms with E-state index in [0.29, 0.717) is 5.56 Å². The van der Waals surface area contributed by atoms with E-state index in [4.69, 9.17) is 0 Å². The number of nitrogens with zero attached hydrogens (tertiary/aromatic N) is 2. The predicted octanol–water partition coefficient (Wildman–Crippen LogP) is 3.92. The van der Waals surface area contributed by atoms with E-state index < -0.39 is 11.6 Å². The molecule has 0 bridgehead atoms. The average molecular weight is 265 g/mol.